The Hall–Kier alpha value is -1.78. The molecule has 0 unspecified atom stereocenters. The number of thiazole rings is 1. The van der Waals surface area contributed by atoms with Crippen LogP contribution in [0.15, 0.2) is 47.5 Å². The second kappa shape index (κ2) is 5.07. The molecule has 1 aromatic heterocycles. The molecule has 0 bridgehead atoms. The lowest BCUT2D eigenvalue weighted by Crippen LogP contribution is -1.80. The molecule has 2 nitrogen and oxygen atoms in total. The molecule has 0 aliphatic rings. The molecule has 94 valence electrons. The molecule has 0 fully saturated rings. The Labute approximate surface area is 118 Å². The van der Waals surface area contributed by atoms with Gasteiger partial charge in [0.25, 0.3) is 0 Å². The van der Waals surface area contributed by atoms with Gasteiger partial charge in [-0.2, -0.15) is 0 Å². The summed E-state index contributed by atoms with van der Waals surface area (Å²) in [5, 5.41) is 1.34. The summed E-state index contributed by atoms with van der Waals surface area (Å²) in [5.74, 6) is -0.258. The van der Waals surface area contributed by atoms with E-state index in [1.165, 1.54) is 23.5 Å². The van der Waals surface area contributed by atoms with Gasteiger partial charge in [-0.1, -0.05) is 35.1 Å². The van der Waals surface area contributed by atoms with E-state index in [9.17, 15) is 4.39 Å². The second-order valence-corrected chi connectivity index (χ2v) is 5.36. The molecule has 0 N–H and O–H groups in total. The van der Waals surface area contributed by atoms with E-state index in [0.29, 0.717) is 10.2 Å². The molecule has 0 spiro atoms. The van der Waals surface area contributed by atoms with Crippen LogP contribution in [0.1, 0.15) is 5.56 Å². The highest BCUT2D eigenvalue weighted by Crippen LogP contribution is 2.29. The number of aliphatic imine (C=N–C) groups is 1. The van der Waals surface area contributed by atoms with Crippen molar-refractivity contribution < 1.29 is 4.39 Å². The first-order valence-corrected chi connectivity index (χ1v) is 6.76. The van der Waals surface area contributed by atoms with Crippen molar-refractivity contribution in [3.63, 3.8) is 0 Å². The summed E-state index contributed by atoms with van der Waals surface area (Å²) in [4.78, 5) is 8.66. The minimum Gasteiger partial charge on any atom is -0.227 e. The molecule has 0 amide bonds. The van der Waals surface area contributed by atoms with Gasteiger partial charge in [0.1, 0.15) is 5.82 Å². The maximum atomic E-state index is 12.8. The summed E-state index contributed by atoms with van der Waals surface area (Å²) in [6.07, 6.45) is 1.67. The van der Waals surface area contributed by atoms with E-state index >= 15 is 0 Å². The zero-order chi connectivity index (χ0) is 13.2. The van der Waals surface area contributed by atoms with E-state index in [4.69, 9.17) is 11.6 Å². The SMILES string of the molecule is Fc1ccc(C=Nc2nc3ccc(Cl)cc3s2)cc1. The largest absolute Gasteiger partial charge is 0.227 e. The van der Waals surface area contributed by atoms with E-state index in [1.54, 1.807) is 24.4 Å². The Morgan fingerprint density at radius 3 is 2.74 bits per heavy atom. The first-order valence-electron chi connectivity index (χ1n) is 5.56. The average molecular weight is 291 g/mol. The maximum Gasteiger partial charge on any atom is 0.210 e. The molecule has 1 heterocycles. The van der Waals surface area contributed by atoms with Crippen LogP contribution in [0, 0.1) is 5.82 Å². The highest BCUT2D eigenvalue weighted by atomic mass is 35.5. The second-order valence-electron chi connectivity index (χ2n) is 3.92. The van der Waals surface area contributed by atoms with Gasteiger partial charge in [0.15, 0.2) is 0 Å². The molecule has 0 aliphatic heterocycles. The highest BCUT2D eigenvalue weighted by Gasteiger charge is 2.02. The van der Waals surface area contributed by atoms with Crippen molar-refractivity contribution in [3.8, 4) is 0 Å². The lowest BCUT2D eigenvalue weighted by Gasteiger charge is -1.90. The summed E-state index contributed by atoms with van der Waals surface area (Å²) in [5.41, 5.74) is 1.71. The maximum absolute atomic E-state index is 12.8. The van der Waals surface area contributed by atoms with Gasteiger partial charge in [-0.15, -0.1) is 0 Å². The van der Waals surface area contributed by atoms with Crippen LogP contribution in [-0.2, 0) is 0 Å². The van der Waals surface area contributed by atoms with Gasteiger partial charge in [-0.25, -0.2) is 14.4 Å². The number of halogens is 2. The van der Waals surface area contributed by atoms with Gasteiger partial charge >= 0.3 is 0 Å². The van der Waals surface area contributed by atoms with Crippen molar-refractivity contribution >= 4 is 44.5 Å². The standard InChI is InChI=1S/C14H8ClFN2S/c15-10-3-6-12-13(7-10)19-14(18-12)17-8-9-1-4-11(16)5-2-9/h1-8H. The van der Waals surface area contributed by atoms with Crippen LogP contribution < -0.4 is 0 Å². The number of hydrogen-bond donors (Lipinski definition) is 0. The van der Waals surface area contributed by atoms with E-state index in [2.05, 4.69) is 9.98 Å². The van der Waals surface area contributed by atoms with Gasteiger partial charge in [-0.05, 0) is 35.9 Å². The summed E-state index contributed by atoms with van der Waals surface area (Å²) in [6, 6.07) is 11.7. The first kappa shape index (κ1) is 12.3. The average Bonchev–Trinajstić information content (AvgIpc) is 2.80. The molecule has 0 atom stereocenters. The molecule has 0 aliphatic carbocycles. The number of rotatable bonds is 2. The van der Waals surface area contributed by atoms with E-state index in [0.717, 1.165) is 15.8 Å². The predicted octanol–water partition coefficient (Wildman–Crippen LogP) is 4.84. The fourth-order valence-corrected chi connectivity index (χ4v) is 2.71. The predicted molar refractivity (Wildman–Crippen MR) is 78.3 cm³/mol. The van der Waals surface area contributed by atoms with Crippen molar-refractivity contribution in [1.82, 2.24) is 4.98 Å². The molecular formula is C14H8ClFN2S. The number of aromatic nitrogens is 1. The number of hydrogen-bond acceptors (Lipinski definition) is 3. The molecule has 2 aromatic carbocycles. The zero-order valence-electron chi connectivity index (χ0n) is 9.68. The Morgan fingerprint density at radius 2 is 1.95 bits per heavy atom. The van der Waals surface area contributed by atoms with Crippen LogP contribution in [0.5, 0.6) is 0 Å². The van der Waals surface area contributed by atoms with Gasteiger partial charge in [0.05, 0.1) is 10.2 Å². The van der Waals surface area contributed by atoms with Gasteiger partial charge in [0.2, 0.25) is 5.13 Å². The monoisotopic (exact) mass is 290 g/mol. The Kier molecular flexibility index (Phi) is 3.27. The zero-order valence-corrected chi connectivity index (χ0v) is 11.2. The fourth-order valence-electron chi connectivity index (χ4n) is 1.62. The molecule has 0 saturated carbocycles. The fraction of sp³-hybridized carbons (Fsp3) is 0. The van der Waals surface area contributed by atoms with Gasteiger partial charge < -0.3 is 0 Å². The molecular weight excluding hydrogens is 283 g/mol. The number of benzene rings is 2. The van der Waals surface area contributed by atoms with Crippen LogP contribution >= 0.6 is 22.9 Å². The summed E-state index contributed by atoms with van der Waals surface area (Å²) in [6.45, 7) is 0. The number of nitrogens with zero attached hydrogens (tertiary/aromatic N) is 2. The lowest BCUT2D eigenvalue weighted by atomic mass is 10.2. The van der Waals surface area contributed by atoms with Crippen LogP contribution in [0.25, 0.3) is 10.2 Å². The Morgan fingerprint density at radius 1 is 1.16 bits per heavy atom. The van der Waals surface area contributed by atoms with Crippen LogP contribution in [0.3, 0.4) is 0 Å². The van der Waals surface area contributed by atoms with Crippen molar-refractivity contribution in [1.29, 1.82) is 0 Å². The summed E-state index contributed by atoms with van der Waals surface area (Å²) < 4.78 is 13.8. The van der Waals surface area contributed by atoms with Gasteiger partial charge in [0, 0.05) is 11.2 Å². The topological polar surface area (TPSA) is 25.2 Å². The van der Waals surface area contributed by atoms with Crippen molar-refractivity contribution in [3.05, 3.63) is 58.9 Å². The minimum atomic E-state index is -0.258. The Bertz CT molecular complexity index is 750. The summed E-state index contributed by atoms with van der Waals surface area (Å²) >= 11 is 7.39. The number of fused-ring (bicyclic) bond motifs is 1. The minimum absolute atomic E-state index is 0.258. The summed E-state index contributed by atoms with van der Waals surface area (Å²) in [7, 11) is 0. The first-order chi connectivity index (χ1) is 9.20. The normalized spacial score (nSPS) is 11.5. The van der Waals surface area contributed by atoms with Crippen molar-refractivity contribution in [2.45, 2.75) is 0 Å². The molecule has 0 saturated heterocycles. The van der Waals surface area contributed by atoms with Gasteiger partial charge in [-0.3, -0.25) is 0 Å². The molecule has 3 aromatic rings. The third-order valence-corrected chi connectivity index (χ3v) is 3.69. The molecule has 0 radical (unpaired) electrons. The molecule has 3 rings (SSSR count). The van der Waals surface area contributed by atoms with Crippen molar-refractivity contribution in [2.75, 3.05) is 0 Å². The molecule has 5 heteroatoms. The van der Waals surface area contributed by atoms with E-state index in [1.807, 2.05) is 12.1 Å². The van der Waals surface area contributed by atoms with Crippen LogP contribution in [0.2, 0.25) is 5.02 Å². The third-order valence-electron chi connectivity index (χ3n) is 2.53. The smallest absolute Gasteiger partial charge is 0.210 e. The highest BCUT2D eigenvalue weighted by molar-refractivity contribution is 7.22. The molecule has 19 heavy (non-hydrogen) atoms. The third kappa shape index (κ3) is 2.80. The quantitative estimate of drug-likeness (QED) is 0.620. The van der Waals surface area contributed by atoms with E-state index in [-0.39, 0.29) is 5.82 Å². The van der Waals surface area contributed by atoms with Crippen molar-refractivity contribution in [2.24, 2.45) is 4.99 Å². The van der Waals surface area contributed by atoms with Crippen LogP contribution in [0.4, 0.5) is 9.52 Å². The Balaban J connectivity index is 1.90. The van der Waals surface area contributed by atoms with E-state index < -0.39 is 0 Å². The lowest BCUT2D eigenvalue weighted by molar-refractivity contribution is 0.628. The van der Waals surface area contributed by atoms with Crippen LogP contribution in [-0.4, -0.2) is 11.2 Å².